The first kappa shape index (κ1) is 16.4. The number of carbonyl (C=O) groups is 1. The summed E-state index contributed by atoms with van der Waals surface area (Å²) in [5, 5.41) is 5.56. The predicted molar refractivity (Wildman–Crippen MR) is 91.8 cm³/mol. The molecule has 0 saturated carbocycles. The molecule has 1 saturated heterocycles. The van der Waals surface area contributed by atoms with E-state index in [9.17, 15) is 14.0 Å². The number of likely N-dealkylation sites (tertiary alicyclic amines) is 1. The maximum Gasteiger partial charge on any atom is 0.319 e. The van der Waals surface area contributed by atoms with Gasteiger partial charge in [0.25, 0.3) is 0 Å². The number of nitrogens with one attached hydrogen (secondary N) is 3. The molecule has 3 rings (SSSR count). The van der Waals surface area contributed by atoms with Gasteiger partial charge in [0.05, 0.1) is 5.39 Å². The first-order valence-corrected chi connectivity index (χ1v) is 8.18. The zero-order valence-corrected chi connectivity index (χ0v) is 13.6. The minimum Gasteiger partial charge on any atom is -0.359 e. The molecular weight excluding hydrogens is 311 g/mol. The number of aromatic amines is 1. The molecule has 0 bridgehead atoms. The maximum absolute atomic E-state index is 13.3. The molecule has 2 aromatic rings. The number of rotatable bonds is 4. The summed E-state index contributed by atoms with van der Waals surface area (Å²) in [5.41, 5.74) is 0.218. The number of hydrogen-bond donors (Lipinski definition) is 3. The molecule has 7 heteroatoms. The predicted octanol–water partition coefficient (Wildman–Crippen LogP) is 2.27. The van der Waals surface area contributed by atoms with Gasteiger partial charge in [-0.2, -0.15) is 0 Å². The number of benzene rings is 1. The van der Waals surface area contributed by atoms with E-state index in [1.54, 1.807) is 0 Å². The summed E-state index contributed by atoms with van der Waals surface area (Å²) in [7, 11) is 0. The monoisotopic (exact) mass is 332 g/mol. The topological polar surface area (TPSA) is 77.2 Å². The Morgan fingerprint density at radius 1 is 1.46 bits per heavy atom. The van der Waals surface area contributed by atoms with Gasteiger partial charge in [-0.25, -0.2) is 9.18 Å². The van der Waals surface area contributed by atoms with Crippen LogP contribution >= 0.6 is 0 Å². The fourth-order valence-electron chi connectivity index (χ4n) is 3.20. The van der Waals surface area contributed by atoms with Crippen molar-refractivity contribution in [1.82, 2.24) is 15.2 Å². The third kappa shape index (κ3) is 3.41. The van der Waals surface area contributed by atoms with Crippen LogP contribution in [0.5, 0.6) is 0 Å². The van der Waals surface area contributed by atoms with Gasteiger partial charge in [0.1, 0.15) is 11.5 Å². The molecule has 0 spiro atoms. The van der Waals surface area contributed by atoms with Crippen molar-refractivity contribution in [2.75, 3.05) is 25.0 Å². The Morgan fingerprint density at radius 2 is 2.29 bits per heavy atom. The molecule has 2 heterocycles. The molecule has 0 radical (unpaired) electrons. The van der Waals surface area contributed by atoms with Crippen molar-refractivity contribution >= 4 is 22.6 Å². The minimum atomic E-state index is -0.490. The first-order chi connectivity index (χ1) is 11.6. The van der Waals surface area contributed by atoms with Crippen LogP contribution in [0.15, 0.2) is 29.2 Å². The molecule has 24 heavy (non-hydrogen) atoms. The average molecular weight is 332 g/mol. The summed E-state index contributed by atoms with van der Waals surface area (Å²) in [6.45, 7) is 4.66. The number of amides is 2. The number of H-pyrrole nitrogens is 1. The Balaban J connectivity index is 1.67. The molecule has 2 amide bonds. The smallest absolute Gasteiger partial charge is 0.319 e. The summed E-state index contributed by atoms with van der Waals surface area (Å²) in [6.07, 6.45) is 3.62. The second-order valence-corrected chi connectivity index (χ2v) is 5.98. The summed E-state index contributed by atoms with van der Waals surface area (Å²) < 4.78 is 13.3. The van der Waals surface area contributed by atoms with E-state index < -0.39 is 17.3 Å². The number of halogens is 1. The molecule has 128 valence electrons. The number of anilines is 1. The fraction of sp³-hybridized carbons (Fsp3) is 0.412. The van der Waals surface area contributed by atoms with E-state index >= 15 is 0 Å². The second kappa shape index (κ2) is 7.00. The molecule has 0 aliphatic carbocycles. The maximum atomic E-state index is 13.3. The van der Waals surface area contributed by atoms with Gasteiger partial charge in [0.15, 0.2) is 0 Å². The van der Waals surface area contributed by atoms with Crippen LogP contribution in [0.4, 0.5) is 14.9 Å². The Morgan fingerprint density at radius 3 is 3.08 bits per heavy atom. The molecule has 1 unspecified atom stereocenters. The van der Waals surface area contributed by atoms with Crippen molar-refractivity contribution in [3.05, 3.63) is 40.4 Å². The number of urea groups is 1. The first-order valence-electron chi connectivity index (χ1n) is 8.18. The van der Waals surface area contributed by atoms with Gasteiger partial charge in [0, 0.05) is 24.3 Å². The molecule has 1 fully saturated rings. The van der Waals surface area contributed by atoms with Crippen molar-refractivity contribution in [2.45, 2.75) is 25.8 Å². The number of nitrogens with zero attached hydrogens (tertiary/aromatic N) is 1. The Bertz CT molecular complexity index is 805. The van der Waals surface area contributed by atoms with Crippen molar-refractivity contribution in [3.8, 4) is 0 Å². The highest BCUT2D eigenvalue weighted by atomic mass is 19.1. The highest BCUT2D eigenvalue weighted by Crippen LogP contribution is 2.15. The van der Waals surface area contributed by atoms with Gasteiger partial charge < -0.3 is 15.6 Å². The molecule has 1 aromatic carbocycles. The van der Waals surface area contributed by atoms with E-state index in [-0.39, 0.29) is 11.1 Å². The summed E-state index contributed by atoms with van der Waals surface area (Å²) in [4.78, 5) is 29.6. The zero-order chi connectivity index (χ0) is 17.1. The summed E-state index contributed by atoms with van der Waals surface area (Å²) in [6, 6.07) is 3.84. The lowest BCUT2D eigenvalue weighted by Gasteiger charge is -2.22. The van der Waals surface area contributed by atoms with Gasteiger partial charge in [-0.3, -0.25) is 9.69 Å². The zero-order valence-electron chi connectivity index (χ0n) is 13.6. The lowest BCUT2D eigenvalue weighted by atomic mass is 10.2. The van der Waals surface area contributed by atoms with Gasteiger partial charge in [-0.15, -0.1) is 0 Å². The summed E-state index contributed by atoms with van der Waals surface area (Å²) in [5.74, 6) is -0.490. The van der Waals surface area contributed by atoms with Crippen molar-refractivity contribution in [2.24, 2.45) is 0 Å². The lowest BCUT2D eigenvalue weighted by molar-refractivity contribution is 0.238. The van der Waals surface area contributed by atoms with Crippen LogP contribution in [0.1, 0.15) is 19.8 Å². The number of fused-ring (bicyclic) bond motifs is 1. The van der Waals surface area contributed by atoms with Crippen molar-refractivity contribution in [3.63, 3.8) is 0 Å². The standard InChI is InChI=1S/C17H21FN4O2/c1-2-22-7-3-4-12(22)9-20-17(24)21-15-10-19-14-6-5-11(18)8-13(14)16(15)23/h5-6,8,10,12H,2-4,7,9H2,1H3,(H,19,23)(H2,20,21,24). The molecule has 1 aliphatic heterocycles. The third-order valence-corrected chi connectivity index (χ3v) is 4.49. The Hall–Kier alpha value is -2.41. The SMILES string of the molecule is CCN1CCCC1CNC(=O)Nc1c[nH]c2ccc(F)cc2c1=O. The van der Waals surface area contributed by atoms with Gasteiger partial charge >= 0.3 is 6.03 Å². The fourth-order valence-corrected chi connectivity index (χ4v) is 3.20. The number of hydrogen-bond acceptors (Lipinski definition) is 3. The Labute approximate surface area is 139 Å². The number of aromatic nitrogens is 1. The van der Waals surface area contributed by atoms with E-state index in [1.165, 1.54) is 18.3 Å². The minimum absolute atomic E-state index is 0.101. The van der Waals surface area contributed by atoms with Gasteiger partial charge in [0.2, 0.25) is 5.43 Å². The van der Waals surface area contributed by atoms with Crippen LogP contribution in [0.2, 0.25) is 0 Å². The average Bonchev–Trinajstić information content (AvgIpc) is 3.03. The third-order valence-electron chi connectivity index (χ3n) is 4.49. The second-order valence-electron chi connectivity index (χ2n) is 5.98. The number of likely N-dealkylation sites (N-methyl/N-ethyl adjacent to an activating group) is 1. The summed E-state index contributed by atoms with van der Waals surface area (Å²) >= 11 is 0. The molecule has 3 N–H and O–H groups in total. The highest BCUT2D eigenvalue weighted by Gasteiger charge is 2.23. The van der Waals surface area contributed by atoms with Crippen molar-refractivity contribution < 1.29 is 9.18 Å². The molecule has 1 atom stereocenters. The highest BCUT2D eigenvalue weighted by molar-refractivity contribution is 5.91. The van der Waals surface area contributed by atoms with Crippen LogP contribution in [0.3, 0.4) is 0 Å². The molecule has 1 aromatic heterocycles. The number of pyridine rings is 1. The molecule has 1 aliphatic rings. The van der Waals surface area contributed by atoms with Gasteiger partial charge in [-0.05, 0) is 44.1 Å². The van der Waals surface area contributed by atoms with E-state index in [1.807, 2.05) is 0 Å². The van der Waals surface area contributed by atoms with Gasteiger partial charge in [-0.1, -0.05) is 6.92 Å². The van der Waals surface area contributed by atoms with E-state index in [4.69, 9.17) is 0 Å². The molecular formula is C17H21FN4O2. The number of carbonyl (C=O) groups excluding carboxylic acids is 1. The van der Waals surface area contributed by atoms with E-state index in [0.29, 0.717) is 18.1 Å². The van der Waals surface area contributed by atoms with Crippen LogP contribution in [-0.4, -0.2) is 41.6 Å². The lowest BCUT2D eigenvalue weighted by Crippen LogP contribution is -2.41. The molecule has 6 nitrogen and oxygen atoms in total. The van der Waals surface area contributed by atoms with Crippen LogP contribution in [0.25, 0.3) is 10.9 Å². The van der Waals surface area contributed by atoms with Crippen molar-refractivity contribution in [1.29, 1.82) is 0 Å². The van der Waals surface area contributed by atoms with Crippen LogP contribution in [-0.2, 0) is 0 Å². The normalized spacial score (nSPS) is 18.0. The quantitative estimate of drug-likeness (QED) is 0.804. The van der Waals surface area contributed by atoms with E-state index in [2.05, 4.69) is 27.4 Å². The van der Waals surface area contributed by atoms with Crippen LogP contribution in [0, 0.1) is 5.82 Å². The van der Waals surface area contributed by atoms with E-state index in [0.717, 1.165) is 32.0 Å². The van der Waals surface area contributed by atoms with Crippen LogP contribution < -0.4 is 16.1 Å². The Kier molecular flexibility index (Phi) is 4.80. The largest absolute Gasteiger partial charge is 0.359 e.